The molecular weight excluding hydrogens is 264 g/mol. The highest BCUT2D eigenvalue weighted by atomic mass is 16.8. The van der Waals surface area contributed by atoms with Crippen molar-refractivity contribution in [3.05, 3.63) is 40.9 Å². The summed E-state index contributed by atoms with van der Waals surface area (Å²) in [5.41, 5.74) is 1.58. The van der Waals surface area contributed by atoms with Gasteiger partial charge in [-0.3, -0.25) is 9.42 Å². The van der Waals surface area contributed by atoms with Crippen LogP contribution in [0.1, 0.15) is 16.2 Å². The van der Waals surface area contributed by atoms with E-state index in [4.69, 9.17) is 0 Å². The molecule has 9 heteroatoms. The fourth-order valence-corrected chi connectivity index (χ4v) is 1.76. The zero-order valence-corrected chi connectivity index (χ0v) is 10.5. The average Bonchev–Trinajstić information content (AvgIpc) is 3.01. The lowest BCUT2D eigenvalue weighted by Crippen LogP contribution is -2.30. The SMILES string of the molecule is Cc1c(C(=O)NCn2nnc3ccccc32)no[n+]1[O-]. The zero-order valence-electron chi connectivity index (χ0n) is 10.5. The molecule has 0 aliphatic carbocycles. The highest BCUT2D eigenvalue weighted by Gasteiger charge is 2.22. The number of aromatic nitrogens is 5. The molecule has 0 saturated carbocycles. The first kappa shape index (κ1) is 12.1. The molecule has 1 aromatic carbocycles. The summed E-state index contributed by atoms with van der Waals surface area (Å²) in [4.78, 5) is 12.0. The van der Waals surface area contributed by atoms with Crippen molar-refractivity contribution in [3.63, 3.8) is 0 Å². The zero-order chi connectivity index (χ0) is 14.1. The number of hydrogen-bond donors (Lipinski definition) is 1. The number of rotatable bonds is 3. The van der Waals surface area contributed by atoms with E-state index in [1.807, 2.05) is 24.3 Å². The first-order valence-electron chi connectivity index (χ1n) is 5.79. The molecule has 0 aliphatic rings. The van der Waals surface area contributed by atoms with Gasteiger partial charge in [0.1, 0.15) is 12.2 Å². The molecule has 2 aromatic heterocycles. The van der Waals surface area contributed by atoms with Gasteiger partial charge >= 0.3 is 11.6 Å². The van der Waals surface area contributed by atoms with Gasteiger partial charge in [-0.2, -0.15) is 0 Å². The maximum Gasteiger partial charge on any atom is 0.308 e. The van der Waals surface area contributed by atoms with E-state index < -0.39 is 5.91 Å². The number of nitrogens with zero attached hydrogens (tertiary/aromatic N) is 5. The van der Waals surface area contributed by atoms with Gasteiger partial charge in [0.05, 0.1) is 10.7 Å². The molecule has 3 aromatic rings. The summed E-state index contributed by atoms with van der Waals surface area (Å²) in [7, 11) is 0. The minimum Gasteiger partial charge on any atom is -0.359 e. The predicted octanol–water partition coefficient (Wildman–Crippen LogP) is -0.251. The molecule has 1 amide bonds. The molecule has 20 heavy (non-hydrogen) atoms. The summed E-state index contributed by atoms with van der Waals surface area (Å²) in [6.45, 7) is 1.56. The lowest BCUT2D eigenvalue weighted by Gasteiger charge is -2.02. The second kappa shape index (κ2) is 4.61. The van der Waals surface area contributed by atoms with Gasteiger partial charge in [0.25, 0.3) is 0 Å². The molecule has 0 unspecified atom stereocenters. The third kappa shape index (κ3) is 1.94. The standard InChI is InChI=1S/C11H10N6O3/c1-7-10(14-20-17(7)19)11(18)12-6-16-9-5-3-2-4-8(9)13-15-16/h2-5H,6H2,1H3,(H,12,18). The molecule has 0 atom stereocenters. The molecule has 102 valence electrons. The van der Waals surface area contributed by atoms with Crippen molar-refractivity contribution in [1.29, 1.82) is 0 Å². The molecule has 0 saturated heterocycles. The van der Waals surface area contributed by atoms with E-state index >= 15 is 0 Å². The van der Waals surface area contributed by atoms with Gasteiger partial charge in [0.2, 0.25) is 5.69 Å². The van der Waals surface area contributed by atoms with E-state index in [1.165, 1.54) is 11.6 Å². The summed E-state index contributed by atoms with van der Waals surface area (Å²) < 4.78 is 5.87. The number of carbonyl (C=O) groups is 1. The number of nitrogens with one attached hydrogen (secondary N) is 1. The quantitative estimate of drug-likeness (QED) is 0.659. The smallest absolute Gasteiger partial charge is 0.308 e. The van der Waals surface area contributed by atoms with Crippen molar-refractivity contribution >= 4 is 16.9 Å². The van der Waals surface area contributed by atoms with Crippen LogP contribution in [0.15, 0.2) is 28.9 Å². The minimum absolute atomic E-state index is 0.0515. The Hall–Kier alpha value is -2.97. The second-order valence-electron chi connectivity index (χ2n) is 4.11. The third-order valence-corrected chi connectivity index (χ3v) is 2.85. The van der Waals surface area contributed by atoms with E-state index in [2.05, 4.69) is 25.4 Å². The average molecular weight is 274 g/mol. The van der Waals surface area contributed by atoms with Crippen molar-refractivity contribution in [2.45, 2.75) is 13.6 Å². The Labute approximate surface area is 112 Å². The highest BCUT2D eigenvalue weighted by molar-refractivity contribution is 5.92. The minimum atomic E-state index is -0.513. The van der Waals surface area contributed by atoms with Crippen molar-refractivity contribution in [3.8, 4) is 0 Å². The number of carbonyl (C=O) groups excluding carboxylic acids is 1. The van der Waals surface area contributed by atoms with Crippen LogP contribution in [-0.2, 0) is 6.67 Å². The summed E-state index contributed by atoms with van der Waals surface area (Å²) >= 11 is 0. The molecule has 2 heterocycles. The number of fused-ring (bicyclic) bond motifs is 1. The molecule has 3 rings (SSSR count). The highest BCUT2D eigenvalue weighted by Crippen LogP contribution is 2.08. The van der Waals surface area contributed by atoms with Crippen LogP contribution in [0, 0.1) is 12.1 Å². The predicted molar refractivity (Wildman–Crippen MR) is 65.2 cm³/mol. The number of hydrogen-bond acceptors (Lipinski definition) is 6. The van der Waals surface area contributed by atoms with Gasteiger partial charge < -0.3 is 10.5 Å². The van der Waals surface area contributed by atoms with Crippen LogP contribution in [0.2, 0.25) is 0 Å². The van der Waals surface area contributed by atoms with Crippen molar-refractivity contribution < 1.29 is 14.3 Å². The fourth-order valence-electron chi connectivity index (χ4n) is 1.76. The molecule has 1 N–H and O–H groups in total. The number of benzene rings is 1. The van der Waals surface area contributed by atoms with Crippen molar-refractivity contribution in [1.82, 2.24) is 25.5 Å². The largest absolute Gasteiger partial charge is 0.359 e. The summed E-state index contributed by atoms with van der Waals surface area (Å²) in [5, 5.41) is 24.9. The van der Waals surface area contributed by atoms with Crippen LogP contribution in [0.4, 0.5) is 0 Å². The van der Waals surface area contributed by atoms with Gasteiger partial charge in [-0.1, -0.05) is 17.3 Å². The van der Waals surface area contributed by atoms with Crippen molar-refractivity contribution in [2.75, 3.05) is 0 Å². The van der Waals surface area contributed by atoms with Gasteiger partial charge in [-0.05, 0) is 17.0 Å². The first-order valence-corrected chi connectivity index (χ1v) is 5.79. The lowest BCUT2D eigenvalue weighted by atomic mass is 10.3. The molecular formula is C11H10N6O3. The molecule has 0 spiro atoms. The third-order valence-electron chi connectivity index (χ3n) is 2.85. The normalized spacial score (nSPS) is 10.8. The monoisotopic (exact) mass is 274 g/mol. The Morgan fingerprint density at radius 2 is 2.30 bits per heavy atom. The molecule has 0 bridgehead atoms. The fraction of sp³-hybridized carbons (Fsp3) is 0.182. The summed E-state index contributed by atoms with van der Waals surface area (Å²) in [6.07, 6.45) is 0. The van der Waals surface area contributed by atoms with Crippen LogP contribution in [-0.4, -0.2) is 26.1 Å². The Morgan fingerprint density at radius 3 is 3.05 bits per heavy atom. The van der Waals surface area contributed by atoms with E-state index in [0.29, 0.717) is 0 Å². The number of para-hydroxylation sites is 1. The van der Waals surface area contributed by atoms with Crippen LogP contribution in [0.5, 0.6) is 0 Å². The van der Waals surface area contributed by atoms with E-state index in [0.717, 1.165) is 11.0 Å². The van der Waals surface area contributed by atoms with E-state index in [1.54, 1.807) is 0 Å². The molecule has 0 fully saturated rings. The van der Waals surface area contributed by atoms with E-state index in [-0.39, 0.29) is 23.0 Å². The Bertz CT molecular complexity index is 777. The Morgan fingerprint density at radius 1 is 1.50 bits per heavy atom. The van der Waals surface area contributed by atoms with Crippen LogP contribution in [0.25, 0.3) is 11.0 Å². The van der Waals surface area contributed by atoms with Gasteiger partial charge in [0, 0.05) is 6.92 Å². The first-order chi connectivity index (χ1) is 9.66. The second-order valence-corrected chi connectivity index (χ2v) is 4.11. The molecule has 0 radical (unpaired) electrons. The summed E-state index contributed by atoms with van der Waals surface area (Å²) in [6, 6.07) is 7.37. The maximum absolute atomic E-state index is 11.9. The lowest BCUT2D eigenvalue weighted by molar-refractivity contribution is -0.806. The van der Waals surface area contributed by atoms with Gasteiger partial charge in [-0.15, -0.1) is 5.10 Å². The summed E-state index contributed by atoms with van der Waals surface area (Å²) in [5.74, 6) is -0.513. The Kier molecular flexibility index (Phi) is 2.78. The van der Waals surface area contributed by atoms with Crippen molar-refractivity contribution in [2.24, 2.45) is 0 Å². The van der Waals surface area contributed by atoms with E-state index in [9.17, 15) is 10.0 Å². The van der Waals surface area contributed by atoms with Gasteiger partial charge in [0.15, 0.2) is 0 Å². The molecule has 9 nitrogen and oxygen atoms in total. The maximum atomic E-state index is 11.9. The molecule has 0 aliphatic heterocycles. The van der Waals surface area contributed by atoms with Crippen LogP contribution < -0.4 is 10.2 Å². The topological polar surface area (TPSA) is 113 Å². The van der Waals surface area contributed by atoms with Crippen LogP contribution in [0.3, 0.4) is 0 Å². The van der Waals surface area contributed by atoms with Gasteiger partial charge in [-0.25, -0.2) is 4.68 Å². The van der Waals surface area contributed by atoms with Crippen LogP contribution >= 0.6 is 0 Å². The Balaban J connectivity index is 1.76. The number of amides is 1.